The summed E-state index contributed by atoms with van der Waals surface area (Å²) >= 11 is 4.38. The maximum atomic E-state index is 12.9. The Morgan fingerprint density at radius 3 is 2.86 bits per heavy atom. The lowest BCUT2D eigenvalue weighted by Crippen LogP contribution is -2.29. The van der Waals surface area contributed by atoms with Crippen molar-refractivity contribution in [2.45, 2.75) is 71.6 Å². The Morgan fingerprint density at radius 2 is 2.11 bits per heavy atom. The standard InChI is InChI=1S/C23H29N3OS/c1-5-6-10-20(27)23(3,4)18-12-19-17(11-14(18)2)16-9-7-8-15-13-26(28)25-21(15)22(16)24-19/h11-13,24,28H,5-10H2,1-4H3. The van der Waals surface area contributed by atoms with Crippen LogP contribution in [-0.2, 0) is 23.1 Å². The maximum Gasteiger partial charge on any atom is 0.142 e. The molecular formula is C23H29N3OS. The van der Waals surface area contributed by atoms with E-state index < -0.39 is 5.41 Å². The molecule has 2 aromatic heterocycles. The Bertz CT molecular complexity index is 1060. The zero-order valence-electron chi connectivity index (χ0n) is 17.2. The van der Waals surface area contributed by atoms with Crippen LogP contribution in [0.25, 0.3) is 22.3 Å². The van der Waals surface area contributed by atoms with Gasteiger partial charge in [0.2, 0.25) is 0 Å². The number of nitrogens with zero attached hydrogens (tertiary/aromatic N) is 2. The third kappa shape index (κ3) is 3.10. The van der Waals surface area contributed by atoms with Gasteiger partial charge in [-0.2, -0.15) is 5.10 Å². The monoisotopic (exact) mass is 395 g/mol. The zero-order chi connectivity index (χ0) is 20.1. The molecule has 0 radical (unpaired) electrons. The van der Waals surface area contributed by atoms with E-state index in [0.29, 0.717) is 12.2 Å². The average Bonchev–Trinajstić information content (AvgIpc) is 3.14. The van der Waals surface area contributed by atoms with Crippen molar-refractivity contribution in [3.63, 3.8) is 0 Å². The van der Waals surface area contributed by atoms with E-state index in [1.54, 1.807) is 4.09 Å². The molecule has 1 aliphatic carbocycles. The number of thiol groups is 1. The molecular weight excluding hydrogens is 366 g/mol. The molecule has 0 bridgehead atoms. The summed E-state index contributed by atoms with van der Waals surface area (Å²) in [6, 6.07) is 4.46. The largest absolute Gasteiger partial charge is 0.353 e. The molecule has 0 unspecified atom stereocenters. The van der Waals surface area contributed by atoms with Gasteiger partial charge in [-0.1, -0.05) is 13.3 Å². The summed E-state index contributed by atoms with van der Waals surface area (Å²) < 4.78 is 1.61. The number of rotatable bonds is 5. The van der Waals surface area contributed by atoms with Crippen molar-refractivity contribution in [1.82, 2.24) is 14.2 Å². The smallest absolute Gasteiger partial charge is 0.142 e. The number of benzene rings is 1. The fourth-order valence-corrected chi connectivity index (χ4v) is 4.82. The lowest BCUT2D eigenvalue weighted by Gasteiger charge is -2.26. The van der Waals surface area contributed by atoms with E-state index in [0.717, 1.165) is 54.6 Å². The van der Waals surface area contributed by atoms with Gasteiger partial charge in [0.1, 0.15) is 11.5 Å². The van der Waals surface area contributed by atoms with Gasteiger partial charge in [-0.15, -0.1) is 0 Å². The number of unbranched alkanes of at least 4 members (excludes halogenated alkanes) is 1. The van der Waals surface area contributed by atoms with Crippen molar-refractivity contribution in [3.05, 3.63) is 40.6 Å². The number of fused-ring (bicyclic) bond motifs is 5. The second-order valence-corrected chi connectivity index (χ2v) is 9.03. The highest BCUT2D eigenvalue weighted by atomic mass is 32.1. The first kappa shape index (κ1) is 19.3. The third-order valence-electron chi connectivity index (χ3n) is 6.27. The van der Waals surface area contributed by atoms with Crippen LogP contribution in [0.5, 0.6) is 0 Å². The van der Waals surface area contributed by atoms with Crippen LogP contribution in [0.1, 0.15) is 68.7 Å². The number of H-pyrrole nitrogens is 1. The Morgan fingerprint density at radius 1 is 1.32 bits per heavy atom. The first-order valence-electron chi connectivity index (χ1n) is 10.3. The topological polar surface area (TPSA) is 50.7 Å². The van der Waals surface area contributed by atoms with E-state index >= 15 is 0 Å². The number of aromatic nitrogens is 3. The summed E-state index contributed by atoms with van der Waals surface area (Å²) in [6.45, 7) is 8.39. The highest BCUT2D eigenvalue weighted by molar-refractivity contribution is 7.78. The molecule has 3 aromatic rings. The molecule has 5 heteroatoms. The number of carbonyl (C=O) groups excluding carboxylic acids is 1. The molecule has 28 heavy (non-hydrogen) atoms. The number of ketones is 1. The van der Waals surface area contributed by atoms with E-state index in [2.05, 4.69) is 62.7 Å². The number of carbonyl (C=O) groups is 1. The first-order valence-corrected chi connectivity index (χ1v) is 10.7. The normalized spacial score (nSPS) is 14.0. The fourth-order valence-electron chi connectivity index (χ4n) is 4.59. The van der Waals surface area contributed by atoms with E-state index in [9.17, 15) is 4.79 Å². The lowest BCUT2D eigenvalue weighted by atomic mass is 9.76. The Balaban J connectivity index is 1.84. The second kappa shape index (κ2) is 7.11. The molecule has 1 N–H and O–H groups in total. The van der Waals surface area contributed by atoms with Crippen LogP contribution in [0.3, 0.4) is 0 Å². The molecule has 2 heterocycles. The zero-order valence-corrected chi connectivity index (χ0v) is 18.1. The minimum absolute atomic E-state index is 0.320. The number of hydrogen-bond acceptors (Lipinski definition) is 3. The van der Waals surface area contributed by atoms with E-state index in [-0.39, 0.29) is 0 Å². The summed E-state index contributed by atoms with van der Waals surface area (Å²) in [5, 5.41) is 5.86. The molecule has 0 spiro atoms. The number of Topliss-reactive ketones (excluding diaryl/α,β-unsaturated/α-hetero) is 1. The molecule has 0 atom stereocenters. The predicted octanol–water partition coefficient (Wildman–Crippen LogP) is 5.56. The SMILES string of the molecule is CCCCC(=O)C(C)(C)c1cc2[nH]c3c(c2cc1C)CCCc1cn(S)nc1-3. The number of aromatic amines is 1. The van der Waals surface area contributed by atoms with Crippen LogP contribution >= 0.6 is 12.8 Å². The lowest BCUT2D eigenvalue weighted by molar-refractivity contribution is -0.123. The van der Waals surface area contributed by atoms with Crippen molar-refractivity contribution < 1.29 is 4.79 Å². The van der Waals surface area contributed by atoms with Crippen LogP contribution in [0, 0.1) is 6.92 Å². The quantitative estimate of drug-likeness (QED) is 0.556. The van der Waals surface area contributed by atoms with Gasteiger partial charge in [0.25, 0.3) is 0 Å². The average molecular weight is 396 g/mol. The molecule has 148 valence electrons. The fraction of sp³-hybridized carbons (Fsp3) is 0.478. The predicted molar refractivity (Wildman–Crippen MR) is 118 cm³/mol. The van der Waals surface area contributed by atoms with E-state index in [1.165, 1.54) is 22.1 Å². The van der Waals surface area contributed by atoms with Gasteiger partial charge in [0, 0.05) is 34.5 Å². The molecule has 1 aromatic carbocycles. The molecule has 4 nitrogen and oxygen atoms in total. The van der Waals surface area contributed by atoms with Crippen molar-refractivity contribution in [2.75, 3.05) is 0 Å². The van der Waals surface area contributed by atoms with Crippen molar-refractivity contribution in [1.29, 1.82) is 0 Å². The number of aryl methyl sites for hydroxylation is 3. The van der Waals surface area contributed by atoms with Crippen molar-refractivity contribution in [3.8, 4) is 11.4 Å². The summed E-state index contributed by atoms with van der Waals surface area (Å²) in [5.74, 6) is 0.320. The maximum absolute atomic E-state index is 12.9. The first-order chi connectivity index (χ1) is 13.3. The molecule has 1 aliphatic rings. The molecule has 0 fully saturated rings. The van der Waals surface area contributed by atoms with Crippen LogP contribution < -0.4 is 0 Å². The number of hydrogen-bond donors (Lipinski definition) is 2. The summed E-state index contributed by atoms with van der Waals surface area (Å²) in [7, 11) is 0. The van der Waals surface area contributed by atoms with Crippen LogP contribution in [0.2, 0.25) is 0 Å². The van der Waals surface area contributed by atoms with Gasteiger partial charge in [-0.3, -0.25) is 4.79 Å². The van der Waals surface area contributed by atoms with Gasteiger partial charge in [0.15, 0.2) is 0 Å². The molecule has 4 rings (SSSR count). The molecule has 0 saturated carbocycles. The second-order valence-electron chi connectivity index (χ2n) is 8.62. The van der Waals surface area contributed by atoms with Gasteiger partial charge < -0.3 is 4.98 Å². The third-order valence-corrected chi connectivity index (χ3v) is 6.47. The van der Waals surface area contributed by atoms with Crippen molar-refractivity contribution >= 4 is 29.5 Å². The van der Waals surface area contributed by atoms with Gasteiger partial charge in [-0.25, -0.2) is 4.09 Å². The van der Waals surface area contributed by atoms with Crippen LogP contribution in [0.4, 0.5) is 0 Å². The van der Waals surface area contributed by atoms with Crippen LogP contribution in [0.15, 0.2) is 18.3 Å². The van der Waals surface area contributed by atoms with Crippen molar-refractivity contribution in [2.24, 2.45) is 0 Å². The minimum Gasteiger partial charge on any atom is -0.353 e. The summed E-state index contributed by atoms with van der Waals surface area (Å²) in [4.78, 5) is 16.5. The molecule has 0 amide bonds. The Kier molecular flexibility index (Phi) is 4.90. The molecule has 0 aliphatic heterocycles. The van der Waals surface area contributed by atoms with Crippen LogP contribution in [-0.4, -0.2) is 20.0 Å². The molecule has 0 saturated heterocycles. The van der Waals surface area contributed by atoms with E-state index in [1.807, 2.05) is 6.20 Å². The number of nitrogens with one attached hydrogen (secondary N) is 1. The van der Waals surface area contributed by atoms with Gasteiger partial charge in [-0.05, 0) is 88.1 Å². The van der Waals surface area contributed by atoms with Gasteiger partial charge >= 0.3 is 0 Å². The Hall–Kier alpha value is -2.01. The summed E-state index contributed by atoms with van der Waals surface area (Å²) in [5.41, 5.74) is 7.64. The summed E-state index contributed by atoms with van der Waals surface area (Å²) in [6.07, 6.45) is 7.81. The minimum atomic E-state index is -0.478. The highest BCUT2D eigenvalue weighted by Gasteiger charge is 2.31. The Labute approximate surface area is 172 Å². The van der Waals surface area contributed by atoms with E-state index in [4.69, 9.17) is 0 Å². The van der Waals surface area contributed by atoms with Gasteiger partial charge in [0.05, 0.1) is 5.69 Å². The highest BCUT2D eigenvalue weighted by Crippen LogP contribution is 2.39.